The number of carbonyl (C=O) groups excluding carboxylic acids is 1. The Morgan fingerprint density at radius 1 is 0.865 bits per heavy atom. The lowest BCUT2D eigenvalue weighted by Gasteiger charge is -2.19. The normalized spacial score (nSPS) is 11.6. The molecule has 5 rings (SSSR count). The minimum atomic E-state index is -0.456. The van der Waals surface area contributed by atoms with Gasteiger partial charge >= 0.3 is 0 Å². The molecule has 0 aliphatic rings. The standard InChI is InChI=1S/C31H25ClN2O3/c1-36-29-9-5-2-6-22(29)20-27(31(35)34-24-14-12-23(32)13-15-24)21-10-16-25(17-11-21)37-30-18-19-33-28-8-4-3-7-26(28)30/h2-19,27H,20H2,1H3,(H,34,35). The molecule has 1 unspecified atom stereocenters. The van der Waals surface area contributed by atoms with E-state index in [4.69, 9.17) is 21.1 Å². The van der Waals surface area contributed by atoms with Gasteiger partial charge in [0.25, 0.3) is 0 Å². The van der Waals surface area contributed by atoms with Gasteiger partial charge in [0.05, 0.1) is 18.5 Å². The number of anilines is 1. The lowest BCUT2D eigenvalue weighted by Crippen LogP contribution is -2.23. The van der Waals surface area contributed by atoms with Crippen molar-refractivity contribution < 1.29 is 14.3 Å². The minimum Gasteiger partial charge on any atom is -0.496 e. The predicted molar refractivity (Wildman–Crippen MR) is 148 cm³/mol. The first-order chi connectivity index (χ1) is 18.1. The molecule has 1 heterocycles. The van der Waals surface area contributed by atoms with Crippen LogP contribution in [0.1, 0.15) is 17.0 Å². The first kappa shape index (κ1) is 24.3. The molecule has 0 aliphatic carbocycles. The number of fused-ring (bicyclic) bond motifs is 1. The molecule has 0 spiro atoms. The maximum absolute atomic E-state index is 13.5. The van der Waals surface area contributed by atoms with Crippen molar-refractivity contribution in [2.75, 3.05) is 12.4 Å². The van der Waals surface area contributed by atoms with Gasteiger partial charge in [-0.1, -0.05) is 54.1 Å². The van der Waals surface area contributed by atoms with Crippen molar-refractivity contribution in [1.82, 2.24) is 4.98 Å². The molecule has 0 bridgehead atoms. The predicted octanol–water partition coefficient (Wildman–Crippen LogP) is 7.65. The molecule has 1 atom stereocenters. The molecule has 0 fully saturated rings. The smallest absolute Gasteiger partial charge is 0.232 e. The highest BCUT2D eigenvalue weighted by Gasteiger charge is 2.23. The van der Waals surface area contributed by atoms with Gasteiger partial charge in [-0.25, -0.2) is 0 Å². The Kier molecular flexibility index (Phi) is 7.33. The molecule has 0 radical (unpaired) electrons. The molecule has 6 heteroatoms. The highest BCUT2D eigenvalue weighted by molar-refractivity contribution is 6.30. The number of halogens is 1. The van der Waals surface area contributed by atoms with E-state index in [1.807, 2.05) is 78.9 Å². The minimum absolute atomic E-state index is 0.123. The zero-order valence-corrected chi connectivity index (χ0v) is 21.0. The van der Waals surface area contributed by atoms with Crippen LogP contribution in [0.3, 0.4) is 0 Å². The summed E-state index contributed by atoms with van der Waals surface area (Å²) in [5.41, 5.74) is 3.37. The van der Waals surface area contributed by atoms with Crippen LogP contribution in [0.25, 0.3) is 10.9 Å². The monoisotopic (exact) mass is 508 g/mol. The van der Waals surface area contributed by atoms with Gasteiger partial charge in [0.1, 0.15) is 17.2 Å². The summed E-state index contributed by atoms with van der Waals surface area (Å²) >= 11 is 6.01. The summed E-state index contributed by atoms with van der Waals surface area (Å²) in [5.74, 6) is 1.57. The number of pyridine rings is 1. The molecule has 5 nitrogen and oxygen atoms in total. The first-order valence-electron chi connectivity index (χ1n) is 11.9. The molecule has 5 aromatic rings. The molecule has 0 saturated heterocycles. The van der Waals surface area contributed by atoms with Crippen LogP contribution >= 0.6 is 11.6 Å². The number of amides is 1. The van der Waals surface area contributed by atoms with Crippen molar-refractivity contribution >= 4 is 34.1 Å². The number of carbonyl (C=O) groups is 1. The molecule has 0 saturated carbocycles. The first-order valence-corrected chi connectivity index (χ1v) is 12.3. The van der Waals surface area contributed by atoms with E-state index in [-0.39, 0.29) is 5.91 Å². The number of nitrogens with one attached hydrogen (secondary N) is 1. The number of rotatable bonds is 8. The lowest BCUT2D eigenvalue weighted by atomic mass is 9.90. The summed E-state index contributed by atoms with van der Waals surface area (Å²) in [6.45, 7) is 0. The quantitative estimate of drug-likeness (QED) is 0.234. The molecular weight excluding hydrogens is 484 g/mol. The average molecular weight is 509 g/mol. The van der Waals surface area contributed by atoms with Crippen LogP contribution in [-0.4, -0.2) is 18.0 Å². The Bertz CT molecular complexity index is 1510. The topological polar surface area (TPSA) is 60.5 Å². The van der Waals surface area contributed by atoms with E-state index in [1.54, 1.807) is 37.6 Å². The van der Waals surface area contributed by atoms with Crippen LogP contribution < -0.4 is 14.8 Å². The third-order valence-corrected chi connectivity index (χ3v) is 6.42. The summed E-state index contributed by atoms with van der Waals surface area (Å²) < 4.78 is 11.7. The van der Waals surface area contributed by atoms with Gasteiger partial charge < -0.3 is 14.8 Å². The average Bonchev–Trinajstić information content (AvgIpc) is 2.94. The third kappa shape index (κ3) is 5.74. The van der Waals surface area contributed by atoms with Gasteiger partial charge in [0.15, 0.2) is 0 Å². The second kappa shape index (κ2) is 11.1. The molecule has 1 aromatic heterocycles. The van der Waals surface area contributed by atoms with Crippen LogP contribution in [0.15, 0.2) is 109 Å². The summed E-state index contributed by atoms with van der Waals surface area (Å²) in [6.07, 6.45) is 2.20. The van der Waals surface area contributed by atoms with E-state index >= 15 is 0 Å². The third-order valence-electron chi connectivity index (χ3n) is 6.16. The van der Waals surface area contributed by atoms with Crippen molar-refractivity contribution in [3.63, 3.8) is 0 Å². The van der Waals surface area contributed by atoms with E-state index in [2.05, 4.69) is 10.3 Å². The van der Waals surface area contributed by atoms with Gasteiger partial charge in [-0.2, -0.15) is 0 Å². The summed E-state index contributed by atoms with van der Waals surface area (Å²) in [7, 11) is 1.64. The van der Waals surface area contributed by atoms with Crippen molar-refractivity contribution in [3.05, 3.63) is 125 Å². The van der Waals surface area contributed by atoms with Gasteiger partial charge in [-0.3, -0.25) is 9.78 Å². The number of nitrogens with zero attached hydrogens (tertiary/aromatic N) is 1. The van der Waals surface area contributed by atoms with Crippen molar-refractivity contribution in [1.29, 1.82) is 0 Å². The van der Waals surface area contributed by atoms with Crippen LogP contribution in [0.4, 0.5) is 5.69 Å². The fourth-order valence-electron chi connectivity index (χ4n) is 4.27. The van der Waals surface area contributed by atoms with E-state index in [0.717, 1.165) is 33.5 Å². The van der Waals surface area contributed by atoms with Gasteiger partial charge in [0, 0.05) is 22.3 Å². The largest absolute Gasteiger partial charge is 0.496 e. The van der Waals surface area contributed by atoms with Gasteiger partial charge in [0.2, 0.25) is 5.91 Å². The Balaban J connectivity index is 1.42. The fraction of sp³-hybridized carbons (Fsp3) is 0.0968. The van der Waals surface area contributed by atoms with Crippen LogP contribution in [-0.2, 0) is 11.2 Å². The van der Waals surface area contributed by atoms with Gasteiger partial charge in [-0.05, 0) is 78.2 Å². The van der Waals surface area contributed by atoms with Crippen molar-refractivity contribution in [3.8, 4) is 17.2 Å². The second-order valence-corrected chi connectivity index (χ2v) is 9.00. The van der Waals surface area contributed by atoms with E-state index in [9.17, 15) is 4.79 Å². The SMILES string of the molecule is COc1ccccc1CC(C(=O)Nc1ccc(Cl)cc1)c1ccc(Oc2ccnc3ccccc23)cc1. The zero-order chi connectivity index (χ0) is 25.6. The van der Waals surface area contributed by atoms with Crippen LogP contribution in [0, 0.1) is 0 Å². The molecular formula is C31H25ClN2O3. The Labute approximate surface area is 220 Å². The molecule has 4 aromatic carbocycles. The lowest BCUT2D eigenvalue weighted by molar-refractivity contribution is -0.117. The van der Waals surface area contributed by atoms with Crippen LogP contribution in [0.2, 0.25) is 5.02 Å². The second-order valence-electron chi connectivity index (χ2n) is 8.56. The van der Waals surface area contributed by atoms with Gasteiger partial charge in [-0.15, -0.1) is 0 Å². The highest BCUT2D eigenvalue weighted by atomic mass is 35.5. The summed E-state index contributed by atoms with van der Waals surface area (Å²) in [6, 6.07) is 32.1. The molecule has 1 amide bonds. The summed E-state index contributed by atoms with van der Waals surface area (Å²) in [4.78, 5) is 17.9. The zero-order valence-electron chi connectivity index (χ0n) is 20.2. The molecule has 184 valence electrons. The van der Waals surface area contributed by atoms with E-state index < -0.39 is 5.92 Å². The van der Waals surface area contributed by atoms with Crippen LogP contribution in [0.5, 0.6) is 17.2 Å². The fourth-order valence-corrected chi connectivity index (χ4v) is 4.40. The number of ether oxygens (including phenoxy) is 2. The Morgan fingerprint density at radius 2 is 1.59 bits per heavy atom. The molecule has 37 heavy (non-hydrogen) atoms. The van der Waals surface area contributed by atoms with E-state index in [0.29, 0.717) is 22.9 Å². The number of hydrogen-bond acceptors (Lipinski definition) is 4. The highest BCUT2D eigenvalue weighted by Crippen LogP contribution is 2.32. The molecule has 0 aliphatic heterocycles. The van der Waals surface area contributed by atoms with Crippen molar-refractivity contribution in [2.45, 2.75) is 12.3 Å². The summed E-state index contributed by atoms with van der Waals surface area (Å²) in [5, 5.41) is 4.57. The number of hydrogen-bond donors (Lipinski definition) is 1. The maximum atomic E-state index is 13.5. The maximum Gasteiger partial charge on any atom is 0.232 e. The van der Waals surface area contributed by atoms with Crippen molar-refractivity contribution in [2.24, 2.45) is 0 Å². The Hall–Kier alpha value is -4.35. The number of methoxy groups -OCH3 is 1. The Morgan fingerprint density at radius 3 is 2.38 bits per heavy atom. The van der Waals surface area contributed by atoms with E-state index in [1.165, 1.54) is 0 Å². The number of para-hydroxylation sites is 2. The number of benzene rings is 4. The molecule has 1 N–H and O–H groups in total. The number of aromatic nitrogens is 1.